The molecule has 9 nitrogen and oxygen atoms in total. The maximum absolute atomic E-state index is 13.0. The number of ether oxygens (including phenoxy) is 1. The van der Waals surface area contributed by atoms with Crippen LogP contribution >= 0.6 is 33.2 Å². The van der Waals surface area contributed by atoms with E-state index < -0.39 is 21.9 Å². The second-order valence-corrected chi connectivity index (χ2v) is 22.6. The molecule has 318 valence electrons. The highest BCUT2D eigenvalue weighted by Crippen LogP contribution is 2.53. The third-order valence-electron chi connectivity index (χ3n) is 10.8. The first-order valence-electron chi connectivity index (χ1n) is 20.3. The first-order chi connectivity index (χ1) is 27.3. The Morgan fingerprint density at radius 2 is 1.64 bits per heavy atom. The van der Waals surface area contributed by atoms with Crippen LogP contribution in [0.4, 0.5) is 4.53 Å². The Bertz CT molecular complexity index is 2160. The molecule has 0 atom stereocenters. The van der Waals surface area contributed by atoms with E-state index in [1.807, 2.05) is 51.1 Å². The Labute approximate surface area is 354 Å². The zero-order chi connectivity index (χ0) is 42.6. The van der Waals surface area contributed by atoms with Crippen molar-refractivity contribution in [3.63, 3.8) is 0 Å². The number of thiazole rings is 1. The molecule has 0 spiro atoms. The Morgan fingerprint density at radius 1 is 1.02 bits per heavy atom. The minimum atomic E-state index is -1.26. The molecule has 0 unspecified atom stereocenters. The van der Waals surface area contributed by atoms with Crippen molar-refractivity contribution in [1.82, 2.24) is 19.7 Å². The summed E-state index contributed by atoms with van der Waals surface area (Å²) >= 11 is 7.81. The monoisotopic (exact) mass is 856 g/mol. The van der Waals surface area contributed by atoms with Gasteiger partial charge in [0.15, 0.2) is 0 Å². The number of hydrogen-bond acceptors (Lipinski definition) is 9. The fraction of sp³-hybridized carbons (Fsp3) is 0.533. The normalized spacial score (nSPS) is 16.0. The summed E-state index contributed by atoms with van der Waals surface area (Å²) in [5, 5.41) is 16.4. The average Bonchev–Trinajstić information content (AvgIpc) is 3.73. The molecule has 7 rings (SSSR count). The lowest BCUT2D eigenvalue weighted by Crippen LogP contribution is -2.51. The number of hydrogen-bond donors (Lipinski definition) is 1. The Kier molecular flexibility index (Phi) is 15.1. The highest BCUT2D eigenvalue weighted by molar-refractivity contribution is 8.29. The van der Waals surface area contributed by atoms with Crippen LogP contribution in [0.3, 0.4) is 0 Å². The number of fused-ring (bicyclic) bond motifs is 2. The van der Waals surface area contributed by atoms with Gasteiger partial charge in [0.05, 0.1) is 65.9 Å². The minimum absolute atomic E-state index is 0.0826. The molecule has 3 aromatic carbocycles. The average molecular weight is 858 g/mol. The zero-order valence-corrected chi connectivity index (χ0v) is 38.5. The molecule has 2 aliphatic rings. The Morgan fingerprint density at radius 3 is 2.21 bits per heavy atom. The fourth-order valence-corrected chi connectivity index (χ4v) is 9.08. The second-order valence-electron chi connectivity index (χ2n) is 17.2. The maximum Gasteiger partial charge on any atom is 0.353 e. The maximum atomic E-state index is 13.0. The van der Waals surface area contributed by atoms with Crippen LogP contribution in [0.15, 0.2) is 48.5 Å². The second kappa shape index (κ2) is 19.1. The Balaban J connectivity index is 0.000000851. The summed E-state index contributed by atoms with van der Waals surface area (Å²) in [4.78, 5) is 23.5. The summed E-state index contributed by atoms with van der Waals surface area (Å²) in [5.74, 6) is -0.584. The van der Waals surface area contributed by atoms with Gasteiger partial charge in [-0.2, -0.15) is 5.10 Å². The standard InChI is InChI=1S/C39H46ClFN4O4S2.C4H10O.C2H6/c1-24-19-32-37(35(30(24)21-34(46)49-41)25-7-10-28(40)11-8-25)50-38(42-32)27-9-12-33-31(20-27)36(26-13-15-44(16-14-26)29-22-47-23-29)43-45(33)17-18-48-51(5,6)39(2,3)4;1-4(2,3)5;1-2/h7-12,19-20,26,29H,13-18,21-23H2,1-6H3;5H,1-3H3;1-2H3. The number of rotatable bonds is 10. The quantitative estimate of drug-likeness (QED) is 0.148. The number of likely N-dealkylation sites (tertiary alicyclic amines) is 1. The summed E-state index contributed by atoms with van der Waals surface area (Å²) in [6.07, 6.45) is 6.39. The van der Waals surface area contributed by atoms with Crippen LogP contribution in [0.25, 0.3) is 42.8 Å². The van der Waals surface area contributed by atoms with E-state index in [0.717, 1.165) is 93.2 Å². The molecule has 2 saturated heterocycles. The van der Waals surface area contributed by atoms with Crippen molar-refractivity contribution < 1.29 is 28.3 Å². The van der Waals surface area contributed by atoms with Gasteiger partial charge in [-0.3, -0.25) is 14.5 Å². The number of nitrogens with zero attached hydrogens (tertiary/aromatic N) is 4. The first-order valence-corrected chi connectivity index (χ1v) is 23.8. The van der Waals surface area contributed by atoms with Gasteiger partial charge in [-0.05, 0) is 119 Å². The van der Waals surface area contributed by atoms with E-state index in [2.05, 4.69) is 66.0 Å². The van der Waals surface area contributed by atoms with Gasteiger partial charge in [-0.25, -0.2) is 9.78 Å². The highest BCUT2D eigenvalue weighted by atomic mass is 35.5. The van der Waals surface area contributed by atoms with E-state index in [1.54, 1.807) is 32.1 Å². The van der Waals surface area contributed by atoms with E-state index in [1.165, 1.54) is 0 Å². The number of carbonyl (C=O) groups is 1. The van der Waals surface area contributed by atoms with Crippen LogP contribution in [0.1, 0.15) is 91.0 Å². The van der Waals surface area contributed by atoms with Crippen molar-refractivity contribution in [3.05, 3.63) is 70.4 Å². The molecule has 13 heteroatoms. The zero-order valence-electron chi connectivity index (χ0n) is 36.1. The number of halogens is 2. The lowest BCUT2D eigenvalue weighted by atomic mass is 9.90. The van der Waals surface area contributed by atoms with Crippen molar-refractivity contribution in [2.75, 3.05) is 45.4 Å². The van der Waals surface area contributed by atoms with E-state index in [-0.39, 0.29) is 11.2 Å². The van der Waals surface area contributed by atoms with Crippen LogP contribution in [-0.2, 0) is 31.6 Å². The molecular weight excluding hydrogens is 795 g/mol. The van der Waals surface area contributed by atoms with Gasteiger partial charge in [-0.1, -0.05) is 58.4 Å². The molecule has 2 fully saturated rings. The van der Waals surface area contributed by atoms with Crippen LogP contribution < -0.4 is 0 Å². The molecule has 58 heavy (non-hydrogen) atoms. The SMILES string of the molecule is CC.CC(C)(C)O.Cc1cc2nc(-c3ccc4c(c3)c(C3CCN(C5COC5)CC3)nn4CCOS(C)(C)C(C)(C)C)sc2c(-c2ccc(Cl)cc2)c1CC(=O)OF. The number of benzene rings is 3. The summed E-state index contributed by atoms with van der Waals surface area (Å²) in [6.45, 7) is 22.9. The van der Waals surface area contributed by atoms with Gasteiger partial charge in [0, 0.05) is 36.7 Å². The molecule has 5 aromatic rings. The third-order valence-corrected chi connectivity index (χ3v) is 15.9. The largest absolute Gasteiger partial charge is 0.391 e. The van der Waals surface area contributed by atoms with Gasteiger partial charge in [0.2, 0.25) is 0 Å². The molecule has 0 saturated carbocycles. The summed E-state index contributed by atoms with van der Waals surface area (Å²) in [7, 11) is -1.26. The lowest BCUT2D eigenvalue weighted by Gasteiger charge is -2.43. The number of carbonyl (C=O) groups excluding carboxylic acids is 1. The topological polar surface area (TPSA) is 98.9 Å². The highest BCUT2D eigenvalue weighted by Gasteiger charge is 2.33. The first kappa shape index (κ1) is 46.0. The van der Waals surface area contributed by atoms with Crippen molar-refractivity contribution in [3.8, 4) is 21.7 Å². The predicted octanol–water partition coefficient (Wildman–Crippen LogP) is 11.1. The molecule has 1 N–H and O–H groups in total. The van der Waals surface area contributed by atoms with Gasteiger partial charge < -0.3 is 14.0 Å². The third kappa shape index (κ3) is 11.0. The van der Waals surface area contributed by atoms with Gasteiger partial charge in [0.1, 0.15) is 5.01 Å². The molecular formula is C45H62ClFN4O5S2. The molecule has 0 bridgehead atoms. The molecule has 2 aromatic heterocycles. The lowest BCUT2D eigenvalue weighted by molar-refractivity contribution is -0.182. The summed E-state index contributed by atoms with van der Waals surface area (Å²) in [5.41, 5.74) is 6.84. The Hall–Kier alpha value is -3.10. The molecule has 0 aliphatic carbocycles. The summed E-state index contributed by atoms with van der Waals surface area (Å²) in [6, 6.07) is 16.5. The van der Waals surface area contributed by atoms with Crippen molar-refractivity contribution in [2.45, 2.75) is 110 Å². The van der Waals surface area contributed by atoms with Gasteiger partial charge in [0.25, 0.3) is 0 Å². The smallest absolute Gasteiger partial charge is 0.353 e. The summed E-state index contributed by atoms with van der Waals surface area (Å²) < 4.78 is 28.1. The van der Waals surface area contributed by atoms with Crippen LogP contribution in [0.5, 0.6) is 0 Å². The van der Waals surface area contributed by atoms with Crippen LogP contribution in [-0.4, -0.2) is 92.6 Å². The van der Waals surface area contributed by atoms with Gasteiger partial charge >= 0.3 is 5.97 Å². The van der Waals surface area contributed by atoms with E-state index >= 15 is 0 Å². The van der Waals surface area contributed by atoms with Crippen molar-refractivity contribution in [2.24, 2.45) is 0 Å². The molecule has 2 aliphatic heterocycles. The van der Waals surface area contributed by atoms with E-state index in [4.69, 9.17) is 35.7 Å². The van der Waals surface area contributed by atoms with E-state index in [9.17, 15) is 9.32 Å². The van der Waals surface area contributed by atoms with E-state index in [0.29, 0.717) is 35.7 Å². The van der Waals surface area contributed by atoms with Gasteiger partial charge in [-0.15, -0.1) is 21.6 Å². The number of aliphatic hydroxyl groups is 1. The van der Waals surface area contributed by atoms with Crippen LogP contribution in [0, 0.1) is 6.92 Å². The van der Waals surface area contributed by atoms with Crippen LogP contribution in [0.2, 0.25) is 5.02 Å². The number of aryl methyl sites for hydroxylation is 1. The predicted molar refractivity (Wildman–Crippen MR) is 241 cm³/mol. The number of aromatic nitrogens is 3. The molecule has 0 amide bonds. The van der Waals surface area contributed by atoms with Crippen molar-refractivity contribution in [1.29, 1.82) is 0 Å². The number of piperidine rings is 1. The van der Waals surface area contributed by atoms with Crippen molar-refractivity contribution >= 4 is 60.3 Å². The minimum Gasteiger partial charge on any atom is -0.391 e. The molecule has 0 radical (unpaired) electrons. The fourth-order valence-electron chi connectivity index (χ4n) is 6.97. The molecule has 4 heterocycles.